The molecule has 0 heterocycles. The van der Waals surface area contributed by atoms with Crippen LogP contribution < -0.4 is 16.0 Å². The summed E-state index contributed by atoms with van der Waals surface area (Å²) in [6.07, 6.45) is 0.794. The van der Waals surface area contributed by atoms with Gasteiger partial charge >= 0.3 is 174 Å². The van der Waals surface area contributed by atoms with Crippen LogP contribution in [0.3, 0.4) is 0 Å². The molecule has 0 aliphatic rings. The molecule has 2 amide bonds. The Bertz CT molecular complexity index is 1030. The average Bonchev–Trinajstić information content (AvgIpc) is 2.66. The van der Waals surface area contributed by atoms with E-state index < -0.39 is 11.7 Å². The Morgan fingerprint density at radius 2 is 1.68 bits per heavy atom. The molecule has 0 radical (unpaired) electrons. The first kappa shape index (κ1) is 24.0. The first-order chi connectivity index (χ1) is 14.6. The number of hydrogen-bond donors (Lipinski definition) is 3. The quantitative estimate of drug-likeness (QED) is 0.419. The molecule has 0 aromatic heterocycles. The van der Waals surface area contributed by atoms with Crippen molar-refractivity contribution in [2.45, 2.75) is 33.3 Å². The number of carbonyl (C=O) groups excluding carboxylic acids is 2. The number of alkyl carbamates (subject to hydrolysis) is 1. The molecule has 0 saturated carbocycles. The Balaban J connectivity index is 2.05. The molecule has 31 heavy (non-hydrogen) atoms. The van der Waals surface area contributed by atoms with E-state index >= 15 is 0 Å². The second-order valence-corrected chi connectivity index (χ2v) is 8.40. The van der Waals surface area contributed by atoms with Gasteiger partial charge in [-0.05, 0) is 0 Å². The predicted molar refractivity (Wildman–Crippen MR) is 124 cm³/mol. The summed E-state index contributed by atoms with van der Waals surface area (Å²) in [5.74, 6) is -0.222. The van der Waals surface area contributed by atoms with E-state index in [2.05, 4.69) is 36.5 Å². The van der Waals surface area contributed by atoms with Crippen molar-refractivity contribution >= 4 is 52.1 Å². The molecule has 0 aliphatic carbocycles. The molecule has 0 bridgehead atoms. The number of hydrogen-bond acceptors (Lipinski definition) is 6. The maximum atomic E-state index is 12.5. The SMILES string of the molecule is Cc1cc(Br)ccc1C(=O)Nc1ccc(NC(=BOC#N)NC(=O)OC(C)(C)C)cc1. The topological polar surface area (TPSA) is 112 Å². The van der Waals surface area contributed by atoms with Crippen molar-refractivity contribution < 1.29 is 19.0 Å². The van der Waals surface area contributed by atoms with Gasteiger partial charge in [0.2, 0.25) is 0 Å². The summed E-state index contributed by atoms with van der Waals surface area (Å²) in [5, 5.41) is 16.8. The molecule has 10 heteroatoms. The van der Waals surface area contributed by atoms with Crippen LogP contribution in [0.5, 0.6) is 0 Å². The molecule has 0 saturated heterocycles. The van der Waals surface area contributed by atoms with Gasteiger partial charge in [-0.3, -0.25) is 0 Å². The van der Waals surface area contributed by atoms with Crippen molar-refractivity contribution in [2.24, 2.45) is 0 Å². The van der Waals surface area contributed by atoms with Crippen molar-refractivity contribution in [3.8, 4) is 6.26 Å². The summed E-state index contributed by atoms with van der Waals surface area (Å²) in [5.41, 5.74) is 2.03. The molecule has 2 aromatic carbocycles. The third-order valence-corrected chi connectivity index (χ3v) is 4.21. The van der Waals surface area contributed by atoms with Crippen molar-refractivity contribution in [1.29, 1.82) is 5.26 Å². The Labute approximate surface area is 190 Å². The molecule has 0 unspecified atom stereocenters. The van der Waals surface area contributed by atoms with Gasteiger partial charge in [-0.2, -0.15) is 0 Å². The predicted octanol–water partition coefficient (Wildman–Crippen LogP) is 4.15. The Morgan fingerprint density at radius 3 is 2.23 bits per heavy atom. The van der Waals surface area contributed by atoms with E-state index in [4.69, 9.17) is 10.00 Å². The van der Waals surface area contributed by atoms with Crippen LogP contribution in [0.4, 0.5) is 16.2 Å². The zero-order chi connectivity index (χ0) is 23.0. The van der Waals surface area contributed by atoms with Gasteiger partial charge in [-0.15, -0.1) is 0 Å². The fraction of sp³-hybridized carbons (Fsp3) is 0.238. The first-order valence-electron chi connectivity index (χ1n) is 9.27. The standard InChI is InChI=1S/C21H22BBrN4O4/c1-13-11-14(23)5-10-17(13)18(28)25-15-6-8-16(9-7-15)26-19(22-30-12-24)27-20(29)31-21(2,3)4/h5-11,26H,1-4H3,(H,25,28)(H,27,29). The average molecular weight is 485 g/mol. The summed E-state index contributed by atoms with van der Waals surface area (Å²) < 4.78 is 10.7. The number of nitriles is 1. The minimum atomic E-state index is -0.707. The van der Waals surface area contributed by atoms with E-state index in [1.54, 1.807) is 51.1 Å². The molecule has 2 rings (SSSR count). The fourth-order valence-corrected chi connectivity index (χ4v) is 2.94. The van der Waals surface area contributed by atoms with Crippen molar-refractivity contribution in [3.05, 3.63) is 58.1 Å². The zero-order valence-electron chi connectivity index (χ0n) is 17.6. The molecule has 0 atom stereocenters. The first-order valence-corrected chi connectivity index (χ1v) is 10.1. The van der Waals surface area contributed by atoms with Gasteiger partial charge in [-0.1, -0.05) is 15.9 Å². The van der Waals surface area contributed by atoms with E-state index in [1.807, 2.05) is 19.1 Å². The van der Waals surface area contributed by atoms with Gasteiger partial charge < -0.3 is 0 Å². The van der Waals surface area contributed by atoms with Gasteiger partial charge in [0.1, 0.15) is 0 Å². The third-order valence-electron chi connectivity index (χ3n) is 3.72. The van der Waals surface area contributed by atoms with E-state index in [1.165, 1.54) is 6.26 Å². The van der Waals surface area contributed by atoms with Crippen LogP contribution in [-0.2, 0) is 9.39 Å². The van der Waals surface area contributed by atoms with Crippen molar-refractivity contribution in [3.63, 3.8) is 0 Å². The van der Waals surface area contributed by atoms with E-state index in [9.17, 15) is 9.59 Å². The Hall–Kier alpha value is -3.32. The number of benzene rings is 2. The molecule has 160 valence electrons. The molecule has 0 fully saturated rings. The van der Waals surface area contributed by atoms with Crippen molar-refractivity contribution in [1.82, 2.24) is 5.32 Å². The number of anilines is 2. The van der Waals surface area contributed by atoms with Crippen LogP contribution in [0, 0.1) is 18.4 Å². The van der Waals surface area contributed by atoms with Crippen LogP contribution in [0.15, 0.2) is 46.9 Å². The van der Waals surface area contributed by atoms with Crippen LogP contribution in [-0.4, -0.2) is 30.4 Å². The number of aryl methyl sites for hydroxylation is 1. The molecule has 8 nitrogen and oxygen atoms in total. The van der Waals surface area contributed by atoms with E-state index in [-0.39, 0.29) is 11.6 Å². The number of carbonyl (C=O) groups is 2. The number of ether oxygens (including phenoxy) is 1. The van der Waals surface area contributed by atoms with Crippen LogP contribution in [0.2, 0.25) is 0 Å². The fourth-order valence-electron chi connectivity index (χ4n) is 2.46. The number of halogens is 1. The van der Waals surface area contributed by atoms with Crippen molar-refractivity contribution in [2.75, 3.05) is 10.6 Å². The van der Waals surface area contributed by atoms with Crippen LogP contribution in [0.1, 0.15) is 36.7 Å². The second-order valence-electron chi connectivity index (χ2n) is 7.48. The number of rotatable bonds is 6. The maximum absolute atomic E-state index is 12.5. The molecular formula is C21H22BBrN4O4. The molecular weight excluding hydrogens is 463 g/mol. The van der Waals surface area contributed by atoms with Gasteiger partial charge in [0, 0.05) is 0 Å². The molecule has 0 aliphatic heterocycles. The summed E-state index contributed by atoms with van der Waals surface area (Å²) in [7, 11) is 1.05. The second kappa shape index (κ2) is 10.6. The zero-order valence-corrected chi connectivity index (χ0v) is 19.2. The van der Waals surface area contributed by atoms with E-state index in [0.717, 1.165) is 17.2 Å². The van der Waals surface area contributed by atoms with E-state index in [0.29, 0.717) is 16.9 Å². The number of nitrogens with zero attached hydrogens (tertiary/aromatic N) is 1. The van der Waals surface area contributed by atoms with Crippen LogP contribution in [0.25, 0.3) is 0 Å². The molecule has 2 aromatic rings. The van der Waals surface area contributed by atoms with Gasteiger partial charge in [0.25, 0.3) is 0 Å². The van der Waals surface area contributed by atoms with Gasteiger partial charge in [0.05, 0.1) is 0 Å². The summed E-state index contributed by atoms with van der Waals surface area (Å²) in [4.78, 5) is 24.5. The molecule has 3 N–H and O–H groups in total. The number of amides is 2. The number of nitrogens with one attached hydrogen (secondary N) is 3. The Morgan fingerprint density at radius 1 is 1.06 bits per heavy atom. The van der Waals surface area contributed by atoms with Crippen LogP contribution >= 0.6 is 15.9 Å². The van der Waals surface area contributed by atoms with Gasteiger partial charge in [-0.25, -0.2) is 0 Å². The Kier molecular flexibility index (Phi) is 8.22. The minimum absolute atomic E-state index is 0.109. The monoisotopic (exact) mass is 484 g/mol. The molecule has 0 spiro atoms. The summed E-state index contributed by atoms with van der Waals surface area (Å²) in [6, 6.07) is 12.2. The normalized spacial score (nSPS) is 10.9. The summed E-state index contributed by atoms with van der Waals surface area (Å²) >= 11 is 3.38. The van der Waals surface area contributed by atoms with Gasteiger partial charge in [0.15, 0.2) is 0 Å². The third kappa shape index (κ3) is 8.14. The summed E-state index contributed by atoms with van der Waals surface area (Å²) in [6.45, 7) is 7.06.